The fourth-order valence-corrected chi connectivity index (χ4v) is 3.31. The van der Waals surface area contributed by atoms with Gasteiger partial charge >= 0.3 is 0 Å². The third-order valence-corrected chi connectivity index (χ3v) is 8.68. The molecule has 0 spiro atoms. The van der Waals surface area contributed by atoms with Crippen molar-refractivity contribution in [1.29, 1.82) is 0 Å². The zero-order valence-corrected chi connectivity index (χ0v) is 13.3. The van der Waals surface area contributed by atoms with Gasteiger partial charge in [-0.3, -0.25) is 0 Å². The van der Waals surface area contributed by atoms with Crippen molar-refractivity contribution in [3.05, 3.63) is 0 Å². The fraction of sp³-hybridized carbons (Fsp3) is 1.00. The van der Waals surface area contributed by atoms with Crippen LogP contribution in [0.15, 0.2) is 0 Å². The predicted molar refractivity (Wildman–Crippen MR) is 75.6 cm³/mol. The van der Waals surface area contributed by atoms with E-state index in [1.807, 2.05) is 14.8 Å². The number of aliphatic hydroxyl groups excluding tert-OH is 1. The van der Waals surface area contributed by atoms with E-state index in [0.717, 1.165) is 6.42 Å². The summed E-state index contributed by atoms with van der Waals surface area (Å²) >= 11 is 0. The average molecular weight is 258 g/mol. The molecule has 1 saturated heterocycles. The van der Waals surface area contributed by atoms with E-state index in [1.165, 1.54) is 0 Å². The first-order valence-corrected chi connectivity index (χ1v) is 9.52. The molecule has 0 aromatic rings. The molecule has 0 aromatic heterocycles. The van der Waals surface area contributed by atoms with E-state index in [2.05, 4.69) is 33.9 Å². The van der Waals surface area contributed by atoms with Gasteiger partial charge < -0.3 is 14.3 Å². The van der Waals surface area contributed by atoms with Crippen LogP contribution in [0, 0.1) is 0 Å². The lowest BCUT2D eigenvalue weighted by atomic mass is 9.93. The van der Waals surface area contributed by atoms with Crippen LogP contribution in [0.1, 0.15) is 34.1 Å². The summed E-state index contributed by atoms with van der Waals surface area (Å²) in [6.45, 7) is 13.1. The van der Waals surface area contributed by atoms with Crippen molar-refractivity contribution >= 4 is 16.2 Å². The number of hydrogen-bond donors (Lipinski definition) is 1. The molecule has 1 unspecified atom stereocenters. The van der Waals surface area contributed by atoms with Crippen molar-refractivity contribution < 1.29 is 14.3 Å². The summed E-state index contributed by atoms with van der Waals surface area (Å²) in [4.78, 5) is 0. The molecule has 5 heteroatoms. The fourth-order valence-electron chi connectivity index (χ4n) is 1.94. The Morgan fingerprint density at radius 1 is 1.35 bits per heavy atom. The summed E-state index contributed by atoms with van der Waals surface area (Å²) in [5.41, 5.74) is 0. The smallest absolute Gasteiger partial charge is 0.192 e. The summed E-state index contributed by atoms with van der Waals surface area (Å²) in [6, 6.07) is -0.0101. The van der Waals surface area contributed by atoms with Crippen LogP contribution in [0.4, 0.5) is 0 Å². The lowest BCUT2D eigenvalue weighted by Crippen LogP contribution is -2.49. The highest BCUT2D eigenvalue weighted by Gasteiger charge is 2.47. The maximum Gasteiger partial charge on any atom is 0.192 e. The van der Waals surface area contributed by atoms with Gasteiger partial charge in [0.1, 0.15) is 14.0 Å². The minimum absolute atomic E-state index is 0.0101. The minimum Gasteiger partial charge on any atom is -0.409 e. The van der Waals surface area contributed by atoms with Gasteiger partial charge in [-0.15, -0.1) is 0 Å². The first-order chi connectivity index (χ1) is 7.60. The van der Waals surface area contributed by atoms with E-state index in [9.17, 15) is 5.11 Å². The van der Waals surface area contributed by atoms with Crippen LogP contribution in [0.3, 0.4) is 0 Å². The van der Waals surface area contributed by atoms with E-state index in [-0.39, 0.29) is 23.2 Å². The molecule has 1 aliphatic rings. The molecule has 1 rings (SSSR count). The van der Waals surface area contributed by atoms with Gasteiger partial charge in [0, 0.05) is 0 Å². The summed E-state index contributed by atoms with van der Waals surface area (Å²) in [5.74, 6) is 0. The van der Waals surface area contributed by atoms with E-state index in [1.54, 1.807) is 0 Å². The highest BCUT2D eigenvalue weighted by molar-refractivity contribution is 6.74. The van der Waals surface area contributed by atoms with Crippen molar-refractivity contribution in [2.75, 3.05) is 0 Å². The Kier molecular flexibility index (Phi) is 4.51. The first-order valence-electron chi connectivity index (χ1n) is 6.61. The molecule has 0 aromatic carbocycles. The molecule has 1 fully saturated rings. The molecule has 1 heterocycles. The largest absolute Gasteiger partial charge is 0.409 e. The van der Waals surface area contributed by atoms with Crippen LogP contribution in [-0.2, 0) is 9.16 Å². The summed E-state index contributed by atoms with van der Waals surface area (Å²) in [7, 11) is 0.161. The quantitative estimate of drug-likeness (QED) is 0.780. The Morgan fingerprint density at radius 2 is 1.88 bits per heavy atom. The zero-order valence-electron chi connectivity index (χ0n) is 12.3. The number of hydrogen-bond acceptors (Lipinski definition) is 3. The van der Waals surface area contributed by atoms with Crippen molar-refractivity contribution in [3.8, 4) is 0 Å². The van der Waals surface area contributed by atoms with Crippen LogP contribution in [0.2, 0.25) is 18.1 Å². The SMILES string of the molecule is B[C@@H]1O[C@H](CC)C(O)[C@@H]1O[Si](C)(C)C(C)(C)C. The van der Waals surface area contributed by atoms with E-state index >= 15 is 0 Å². The molecule has 0 saturated carbocycles. The molecule has 0 radical (unpaired) electrons. The maximum atomic E-state index is 10.2. The minimum atomic E-state index is -1.84. The van der Waals surface area contributed by atoms with Crippen LogP contribution in [0.5, 0.6) is 0 Å². The predicted octanol–water partition coefficient (Wildman–Crippen LogP) is 1.51. The van der Waals surface area contributed by atoms with Crippen molar-refractivity contribution in [2.24, 2.45) is 0 Å². The lowest BCUT2D eigenvalue weighted by molar-refractivity contribution is 0.0231. The average Bonchev–Trinajstić information content (AvgIpc) is 2.43. The summed E-state index contributed by atoms with van der Waals surface area (Å²) in [6.07, 6.45) is 0.118. The van der Waals surface area contributed by atoms with Crippen LogP contribution < -0.4 is 0 Å². The number of aliphatic hydroxyl groups is 1. The summed E-state index contributed by atoms with van der Waals surface area (Å²) in [5, 5.41) is 10.4. The molecule has 4 atom stereocenters. The van der Waals surface area contributed by atoms with Gasteiger partial charge in [0.05, 0.1) is 18.2 Å². The Hall–Kier alpha value is 0.162. The van der Waals surface area contributed by atoms with Crippen LogP contribution in [0.25, 0.3) is 0 Å². The Balaban J connectivity index is 2.75. The summed E-state index contributed by atoms with van der Waals surface area (Å²) < 4.78 is 12.0. The first kappa shape index (κ1) is 15.2. The van der Waals surface area contributed by atoms with Gasteiger partial charge in [0.25, 0.3) is 0 Å². The molecule has 1 aliphatic heterocycles. The monoisotopic (exact) mass is 258 g/mol. The number of ether oxygens (including phenoxy) is 1. The molecule has 0 bridgehead atoms. The Bertz CT molecular complexity index is 265. The van der Waals surface area contributed by atoms with E-state index in [4.69, 9.17) is 9.16 Å². The van der Waals surface area contributed by atoms with Crippen molar-refractivity contribution in [3.63, 3.8) is 0 Å². The maximum absolute atomic E-state index is 10.2. The highest BCUT2D eigenvalue weighted by Crippen LogP contribution is 2.39. The number of rotatable bonds is 3. The molecular weight excluding hydrogens is 231 g/mol. The molecule has 1 N–H and O–H groups in total. The van der Waals surface area contributed by atoms with Gasteiger partial charge in [0.15, 0.2) is 8.32 Å². The van der Waals surface area contributed by atoms with E-state index in [0.29, 0.717) is 0 Å². The molecule has 0 amide bonds. The second kappa shape index (κ2) is 5.04. The molecule has 100 valence electrons. The zero-order chi connectivity index (χ0) is 13.4. The van der Waals surface area contributed by atoms with Gasteiger partial charge in [-0.25, -0.2) is 0 Å². The van der Waals surface area contributed by atoms with Gasteiger partial charge in [-0.2, -0.15) is 0 Å². The van der Waals surface area contributed by atoms with Crippen molar-refractivity contribution in [1.82, 2.24) is 0 Å². The lowest BCUT2D eigenvalue weighted by Gasteiger charge is -2.39. The second-order valence-electron chi connectivity index (χ2n) is 6.62. The highest BCUT2D eigenvalue weighted by atomic mass is 28.4. The van der Waals surface area contributed by atoms with Crippen LogP contribution >= 0.6 is 0 Å². The Labute approximate surface area is 107 Å². The molecule has 3 nitrogen and oxygen atoms in total. The third kappa shape index (κ3) is 3.13. The van der Waals surface area contributed by atoms with Crippen molar-refractivity contribution in [2.45, 2.75) is 76.6 Å². The topological polar surface area (TPSA) is 38.7 Å². The van der Waals surface area contributed by atoms with Gasteiger partial charge in [-0.05, 0) is 24.6 Å². The van der Waals surface area contributed by atoms with E-state index < -0.39 is 14.4 Å². The standard InChI is InChI=1S/C12H27BO3Si/c1-7-8-9(14)10(11(13)15-8)16-17(5,6)12(2,3)4/h8-11,14H,7,13H2,1-6H3/t8-,9?,10+,11-/m1/s1. The Morgan fingerprint density at radius 3 is 2.24 bits per heavy atom. The molecule has 17 heavy (non-hydrogen) atoms. The third-order valence-electron chi connectivity index (χ3n) is 4.21. The molecule has 0 aliphatic carbocycles. The van der Waals surface area contributed by atoms with Gasteiger partial charge in [-0.1, -0.05) is 27.7 Å². The van der Waals surface area contributed by atoms with Gasteiger partial charge in [0.2, 0.25) is 0 Å². The van der Waals surface area contributed by atoms with Crippen LogP contribution in [-0.4, -0.2) is 45.6 Å². The second-order valence-corrected chi connectivity index (χ2v) is 11.4. The normalized spacial score (nSPS) is 35.2. The molecular formula is C12H27BO3Si.